The van der Waals surface area contributed by atoms with Gasteiger partial charge in [0.15, 0.2) is 5.78 Å². The molecule has 0 saturated carbocycles. The number of carbonyl (C=O) groups excluding carboxylic acids is 2. The summed E-state index contributed by atoms with van der Waals surface area (Å²) in [6.07, 6.45) is 6.39. The van der Waals surface area contributed by atoms with Gasteiger partial charge >= 0.3 is 0 Å². The molecule has 136 valence electrons. The van der Waals surface area contributed by atoms with Crippen molar-refractivity contribution in [2.45, 2.75) is 19.8 Å². The Hall–Kier alpha value is -2.83. The summed E-state index contributed by atoms with van der Waals surface area (Å²) < 4.78 is 0. The van der Waals surface area contributed by atoms with Gasteiger partial charge in [-0.3, -0.25) is 14.6 Å². The first-order chi connectivity index (χ1) is 12.5. The molecular formula is C19H23N5O2. The smallest absolute Gasteiger partial charge is 0.257 e. The van der Waals surface area contributed by atoms with Crippen LogP contribution in [0.25, 0.3) is 0 Å². The Bertz CT molecular complexity index is 807. The number of nitrogens with zero attached hydrogens (tertiary/aromatic N) is 5. The molecule has 3 heterocycles. The second kappa shape index (κ2) is 7.59. The van der Waals surface area contributed by atoms with E-state index in [0.29, 0.717) is 35.9 Å². The van der Waals surface area contributed by atoms with Gasteiger partial charge in [-0.15, -0.1) is 0 Å². The highest BCUT2D eigenvalue weighted by Crippen LogP contribution is 2.23. The Kier molecular flexibility index (Phi) is 5.25. The number of hydrogen-bond acceptors (Lipinski definition) is 6. The fourth-order valence-electron chi connectivity index (χ4n) is 3.17. The van der Waals surface area contributed by atoms with Gasteiger partial charge in [-0.05, 0) is 31.9 Å². The van der Waals surface area contributed by atoms with Gasteiger partial charge in [0.1, 0.15) is 0 Å². The molecule has 0 aliphatic carbocycles. The number of aryl methyl sites for hydroxylation is 1. The molecule has 0 radical (unpaired) electrons. The van der Waals surface area contributed by atoms with E-state index >= 15 is 0 Å². The number of carbonyl (C=O) groups is 2. The molecule has 3 rings (SSSR count). The van der Waals surface area contributed by atoms with Crippen molar-refractivity contribution < 1.29 is 9.59 Å². The van der Waals surface area contributed by atoms with Crippen LogP contribution in [0.1, 0.15) is 39.3 Å². The van der Waals surface area contributed by atoms with Crippen molar-refractivity contribution in [2.75, 3.05) is 32.1 Å². The Morgan fingerprint density at radius 3 is 2.73 bits per heavy atom. The van der Waals surface area contributed by atoms with E-state index in [1.54, 1.807) is 40.5 Å². The average molecular weight is 353 g/mol. The van der Waals surface area contributed by atoms with Gasteiger partial charge in [0.2, 0.25) is 5.95 Å². The number of piperidine rings is 1. The predicted molar refractivity (Wildman–Crippen MR) is 98.3 cm³/mol. The Balaban J connectivity index is 1.75. The number of anilines is 1. The number of aromatic nitrogens is 3. The molecule has 2 aromatic heterocycles. The highest BCUT2D eigenvalue weighted by molar-refractivity contribution is 5.99. The second-order valence-corrected chi connectivity index (χ2v) is 6.76. The Labute approximate surface area is 153 Å². The van der Waals surface area contributed by atoms with Crippen molar-refractivity contribution in [1.29, 1.82) is 0 Å². The highest BCUT2D eigenvalue weighted by Gasteiger charge is 2.30. The van der Waals surface area contributed by atoms with E-state index in [2.05, 4.69) is 15.0 Å². The van der Waals surface area contributed by atoms with Gasteiger partial charge in [-0.2, -0.15) is 0 Å². The minimum atomic E-state index is -0.195. The Morgan fingerprint density at radius 2 is 2.08 bits per heavy atom. The number of rotatable bonds is 4. The first-order valence-corrected chi connectivity index (χ1v) is 8.72. The summed E-state index contributed by atoms with van der Waals surface area (Å²) in [5, 5.41) is 0. The maximum Gasteiger partial charge on any atom is 0.257 e. The summed E-state index contributed by atoms with van der Waals surface area (Å²) in [6, 6.07) is 3.53. The molecule has 1 atom stereocenters. The van der Waals surface area contributed by atoms with E-state index in [1.807, 2.05) is 21.0 Å². The van der Waals surface area contributed by atoms with Gasteiger partial charge in [0.25, 0.3) is 5.91 Å². The van der Waals surface area contributed by atoms with E-state index in [-0.39, 0.29) is 17.6 Å². The van der Waals surface area contributed by atoms with Crippen molar-refractivity contribution in [3.63, 3.8) is 0 Å². The van der Waals surface area contributed by atoms with Crippen molar-refractivity contribution in [3.8, 4) is 0 Å². The maximum atomic E-state index is 12.9. The summed E-state index contributed by atoms with van der Waals surface area (Å²) in [5.74, 6) is 0.310. The molecule has 7 heteroatoms. The molecule has 7 nitrogen and oxygen atoms in total. The third kappa shape index (κ3) is 3.71. The van der Waals surface area contributed by atoms with Crippen molar-refractivity contribution in [3.05, 3.63) is 47.5 Å². The van der Waals surface area contributed by atoms with Crippen LogP contribution in [0.2, 0.25) is 0 Å². The third-order valence-corrected chi connectivity index (χ3v) is 4.62. The SMILES string of the molecule is Cc1nc(N(C)C)ncc1C(=O)N1CCC[C@H](C(=O)c2cccnc2)C1. The first-order valence-electron chi connectivity index (χ1n) is 8.72. The van der Waals surface area contributed by atoms with Crippen LogP contribution in [0.3, 0.4) is 0 Å². The first kappa shape index (κ1) is 18.0. The zero-order valence-corrected chi connectivity index (χ0v) is 15.3. The summed E-state index contributed by atoms with van der Waals surface area (Å²) in [5.41, 5.74) is 1.74. The lowest BCUT2D eigenvalue weighted by Crippen LogP contribution is -2.42. The van der Waals surface area contributed by atoms with Crippen LogP contribution in [0, 0.1) is 12.8 Å². The van der Waals surface area contributed by atoms with Crippen molar-refractivity contribution >= 4 is 17.6 Å². The van der Waals surface area contributed by atoms with Gasteiger partial charge < -0.3 is 9.80 Å². The molecule has 1 aliphatic rings. The van der Waals surface area contributed by atoms with Gasteiger partial charge in [0, 0.05) is 57.3 Å². The molecule has 1 amide bonds. The van der Waals surface area contributed by atoms with Crippen LogP contribution in [0.15, 0.2) is 30.7 Å². The zero-order valence-electron chi connectivity index (χ0n) is 15.3. The maximum absolute atomic E-state index is 12.9. The molecule has 0 aromatic carbocycles. The fourth-order valence-corrected chi connectivity index (χ4v) is 3.17. The normalized spacial score (nSPS) is 17.0. The summed E-state index contributed by atoms with van der Waals surface area (Å²) >= 11 is 0. The van der Waals surface area contributed by atoms with Crippen LogP contribution in [-0.2, 0) is 0 Å². The fraction of sp³-hybridized carbons (Fsp3) is 0.421. The van der Waals surface area contributed by atoms with Crippen LogP contribution in [0.4, 0.5) is 5.95 Å². The quantitative estimate of drug-likeness (QED) is 0.782. The molecule has 0 unspecified atom stereocenters. The van der Waals surface area contributed by atoms with Crippen molar-refractivity contribution in [1.82, 2.24) is 19.9 Å². The molecule has 1 saturated heterocycles. The lowest BCUT2D eigenvalue weighted by Gasteiger charge is -2.32. The van der Waals surface area contributed by atoms with Gasteiger partial charge in [-0.25, -0.2) is 9.97 Å². The van der Waals surface area contributed by atoms with Crippen LogP contribution >= 0.6 is 0 Å². The standard InChI is InChI=1S/C19H23N5O2/c1-13-16(11-21-19(22-13)23(2)3)18(26)24-9-5-7-15(12-24)17(25)14-6-4-8-20-10-14/h4,6,8,10-11,15H,5,7,9,12H2,1-3H3/t15-/m0/s1. The molecule has 1 fully saturated rings. The van der Waals surface area contributed by atoms with Crippen molar-refractivity contribution in [2.24, 2.45) is 5.92 Å². The summed E-state index contributed by atoms with van der Waals surface area (Å²) in [6.45, 7) is 2.87. The number of pyridine rings is 1. The van der Waals surface area contributed by atoms with E-state index in [9.17, 15) is 9.59 Å². The highest BCUT2D eigenvalue weighted by atomic mass is 16.2. The van der Waals surface area contributed by atoms with Gasteiger partial charge in [0.05, 0.1) is 11.3 Å². The number of ketones is 1. The van der Waals surface area contributed by atoms with Crippen LogP contribution < -0.4 is 4.90 Å². The molecular weight excluding hydrogens is 330 g/mol. The van der Waals surface area contributed by atoms with E-state index in [4.69, 9.17) is 0 Å². The molecule has 1 aliphatic heterocycles. The molecule has 26 heavy (non-hydrogen) atoms. The topological polar surface area (TPSA) is 79.3 Å². The van der Waals surface area contributed by atoms with E-state index in [1.165, 1.54) is 0 Å². The lowest BCUT2D eigenvalue weighted by molar-refractivity contribution is 0.0635. The van der Waals surface area contributed by atoms with Gasteiger partial charge in [-0.1, -0.05) is 0 Å². The predicted octanol–water partition coefficient (Wildman–Crippen LogP) is 1.98. The Morgan fingerprint density at radius 1 is 1.27 bits per heavy atom. The van der Waals surface area contributed by atoms with E-state index < -0.39 is 0 Å². The third-order valence-electron chi connectivity index (χ3n) is 4.62. The molecule has 0 N–H and O–H groups in total. The zero-order chi connectivity index (χ0) is 18.7. The summed E-state index contributed by atoms with van der Waals surface area (Å²) in [7, 11) is 3.71. The number of hydrogen-bond donors (Lipinski definition) is 0. The average Bonchev–Trinajstić information content (AvgIpc) is 2.67. The molecule has 2 aromatic rings. The number of amides is 1. The number of Topliss-reactive ketones (excluding diaryl/α,β-unsaturated/α-hetero) is 1. The minimum Gasteiger partial charge on any atom is -0.347 e. The number of likely N-dealkylation sites (tertiary alicyclic amines) is 1. The lowest BCUT2D eigenvalue weighted by atomic mass is 9.90. The second-order valence-electron chi connectivity index (χ2n) is 6.76. The minimum absolute atomic E-state index is 0.0477. The molecule has 0 spiro atoms. The monoisotopic (exact) mass is 353 g/mol. The van der Waals surface area contributed by atoms with Crippen LogP contribution in [0.5, 0.6) is 0 Å². The van der Waals surface area contributed by atoms with E-state index in [0.717, 1.165) is 12.8 Å². The summed E-state index contributed by atoms with van der Waals surface area (Å²) in [4.78, 5) is 41.8. The molecule has 0 bridgehead atoms. The van der Waals surface area contributed by atoms with Crippen LogP contribution in [-0.4, -0.2) is 58.7 Å². The largest absolute Gasteiger partial charge is 0.347 e.